The molecule has 0 unspecified atom stereocenters. The van der Waals surface area contributed by atoms with Crippen molar-refractivity contribution < 1.29 is 28.6 Å². The Morgan fingerprint density at radius 1 is 0.478 bits per heavy atom. The highest BCUT2D eigenvalue weighted by molar-refractivity contribution is 5.85. The van der Waals surface area contributed by atoms with Crippen LogP contribution in [-0.4, -0.2) is 37.7 Å². The van der Waals surface area contributed by atoms with Crippen molar-refractivity contribution in [2.24, 2.45) is 0 Å². The molecule has 0 saturated carbocycles. The highest BCUT2D eigenvalue weighted by atomic mass is 16.5. The number of ether oxygens (including phenoxy) is 3. The maximum Gasteiger partial charge on any atom is 0.330 e. The van der Waals surface area contributed by atoms with Gasteiger partial charge in [-0.1, -0.05) is 105 Å². The van der Waals surface area contributed by atoms with E-state index in [0.717, 1.165) is 69.5 Å². The number of benzene rings is 4. The van der Waals surface area contributed by atoms with Gasteiger partial charge >= 0.3 is 17.9 Å². The van der Waals surface area contributed by atoms with Crippen LogP contribution in [0.3, 0.4) is 0 Å². The van der Waals surface area contributed by atoms with Crippen molar-refractivity contribution in [2.45, 2.75) is 25.7 Å². The van der Waals surface area contributed by atoms with Crippen LogP contribution in [0.1, 0.15) is 23.1 Å². The molecule has 0 aliphatic heterocycles. The Labute approximate surface area is 270 Å². The topological polar surface area (TPSA) is 78.9 Å². The van der Waals surface area contributed by atoms with Crippen LogP contribution in [0.2, 0.25) is 0 Å². The summed E-state index contributed by atoms with van der Waals surface area (Å²) in [5.41, 5.74) is 9.64. The first-order chi connectivity index (χ1) is 22.4. The Morgan fingerprint density at radius 3 is 1.57 bits per heavy atom. The van der Waals surface area contributed by atoms with Crippen molar-refractivity contribution in [1.82, 2.24) is 0 Å². The predicted molar refractivity (Wildman–Crippen MR) is 182 cm³/mol. The Kier molecular flexibility index (Phi) is 12.4. The summed E-state index contributed by atoms with van der Waals surface area (Å²) in [6.45, 7) is 11.1. The van der Waals surface area contributed by atoms with Crippen LogP contribution >= 0.6 is 0 Å². The van der Waals surface area contributed by atoms with E-state index in [1.807, 2.05) is 24.3 Å². The quantitative estimate of drug-likeness (QED) is 0.0553. The number of esters is 3. The molecule has 46 heavy (non-hydrogen) atoms. The van der Waals surface area contributed by atoms with Crippen molar-refractivity contribution in [2.75, 3.05) is 19.8 Å². The number of hydrogen-bond acceptors (Lipinski definition) is 6. The maximum atomic E-state index is 11.6. The molecule has 0 spiro atoms. The van der Waals surface area contributed by atoms with E-state index in [2.05, 4.69) is 86.5 Å². The lowest BCUT2D eigenvalue weighted by molar-refractivity contribution is -0.138. The van der Waals surface area contributed by atoms with E-state index in [9.17, 15) is 14.4 Å². The molecule has 0 radical (unpaired) electrons. The minimum atomic E-state index is -0.458. The van der Waals surface area contributed by atoms with Gasteiger partial charge in [0.05, 0.1) is 19.8 Å². The molecule has 0 aliphatic carbocycles. The lowest BCUT2D eigenvalue weighted by atomic mass is 9.91. The average Bonchev–Trinajstić information content (AvgIpc) is 3.10. The zero-order chi connectivity index (χ0) is 32.7. The van der Waals surface area contributed by atoms with E-state index in [0.29, 0.717) is 19.4 Å². The van der Waals surface area contributed by atoms with Crippen LogP contribution in [0.15, 0.2) is 129 Å². The molecular formula is C40H38O6. The first-order valence-electron chi connectivity index (χ1n) is 15.2. The average molecular weight is 615 g/mol. The lowest BCUT2D eigenvalue weighted by Gasteiger charge is -2.14. The van der Waals surface area contributed by atoms with Crippen molar-refractivity contribution in [3.05, 3.63) is 146 Å². The summed E-state index contributed by atoms with van der Waals surface area (Å²) in [6, 6.07) is 31.5. The van der Waals surface area contributed by atoms with Crippen molar-refractivity contribution in [3.8, 4) is 33.4 Å². The Hall–Kier alpha value is -5.49. The molecule has 0 amide bonds. The second-order valence-corrected chi connectivity index (χ2v) is 10.6. The Bertz CT molecular complexity index is 1660. The van der Waals surface area contributed by atoms with Gasteiger partial charge in [-0.15, -0.1) is 0 Å². The first kappa shape index (κ1) is 33.4. The molecule has 0 aromatic heterocycles. The lowest BCUT2D eigenvalue weighted by Crippen LogP contribution is -2.06. The molecule has 6 heteroatoms. The third-order valence-corrected chi connectivity index (χ3v) is 7.38. The van der Waals surface area contributed by atoms with Crippen LogP contribution < -0.4 is 0 Å². The Balaban J connectivity index is 1.58. The first-order valence-corrected chi connectivity index (χ1v) is 15.2. The zero-order valence-electron chi connectivity index (χ0n) is 25.9. The van der Waals surface area contributed by atoms with Crippen LogP contribution in [0.25, 0.3) is 33.4 Å². The monoisotopic (exact) mass is 614 g/mol. The second kappa shape index (κ2) is 17.1. The smallest absolute Gasteiger partial charge is 0.330 e. The van der Waals surface area contributed by atoms with Gasteiger partial charge in [-0.25, -0.2) is 14.4 Å². The molecule has 6 nitrogen and oxygen atoms in total. The highest BCUT2D eigenvalue weighted by Crippen LogP contribution is 2.35. The third kappa shape index (κ3) is 9.76. The summed E-state index contributed by atoms with van der Waals surface area (Å²) in [6.07, 6.45) is 6.10. The summed E-state index contributed by atoms with van der Waals surface area (Å²) >= 11 is 0. The van der Waals surface area contributed by atoms with E-state index in [-0.39, 0.29) is 13.2 Å². The molecule has 234 valence electrons. The number of rotatable bonds is 16. The fourth-order valence-corrected chi connectivity index (χ4v) is 5.09. The van der Waals surface area contributed by atoms with E-state index in [1.54, 1.807) is 0 Å². The zero-order valence-corrected chi connectivity index (χ0v) is 25.9. The van der Waals surface area contributed by atoms with E-state index < -0.39 is 17.9 Å². The molecule has 0 aliphatic rings. The third-order valence-electron chi connectivity index (χ3n) is 7.38. The van der Waals surface area contributed by atoms with Gasteiger partial charge in [-0.3, -0.25) is 0 Å². The van der Waals surface area contributed by atoms with Crippen molar-refractivity contribution in [3.63, 3.8) is 0 Å². The van der Waals surface area contributed by atoms with Gasteiger partial charge in [0.2, 0.25) is 0 Å². The number of carbonyl (C=O) groups excluding carboxylic acids is 3. The molecule has 4 aromatic carbocycles. The van der Waals surface area contributed by atoms with Crippen LogP contribution in [0.4, 0.5) is 0 Å². The van der Waals surface area contributed by atoms with Gasteiger partial charge in [0.15, 0.2) is 0 Å². The SMILES string of the molecule is C=CC(=O)OCCCc1ccc(-c2ccccc2-c2cccc(-c3cc(CCOC(=O)C=C)cc(CCOC(=O)C=C)c3)c2)cc1. The standard InChI is InChI=1S/C40H38O6/c1-4-38(41)44-22-10-11-29-16-18-32(19-17-29)36-14-7-8-15-37(36)34-13-9-12-33(28-34)35-26-30(20-23-45-39(42)5-2)25-31(27-35)21-24-46-40(43)6-3/h4-9,12-19,25-28H,1-3,10-11,20-24H2. The van der Waals surface area contributed by atoms with E-state index in [4.69, 9.17) is 14.2 Å². The molecule has 4 aromatic rings. The van der Waals surface area contributed by atoms with Gasteiger partial charge < -0.3 is 14.2 Å². The second-order valence-electron chi connectivity index (χ2n) is 10.6. The number of aryl methyl sites for hydroxylation is 1. The van der Waals surface area contributed by atoms with Gasteiger partial charge in [0.1, 0.15) is 0 Å². The molecule has 0 atom stereocenters. The maximum absolute atomic E-state index is 11.6. The fourth-order valence-electron chi connectivity index (χ4n) is 5.09. The van der Waals surface area contributed by atoms with Crippen molar-refractivity contribution >= 4 is 17.9 Å². The molecule has 0 fully saturated rings. The normalized spacial score (nSPS) is 10.4. The minimum Gasteiger partial charge on any atom is -0.463 e. The number of hydrogen-bond donors (Lipinski definition) is 0. The number of carbonyl (C=O) groups is 3. The van der Waals surface area contributed by atoms with Crippen LogP contribution in [0, 0.1) is 0 Å². The molecule has 0 N–H and O–H groups in total. The molecule has 0 bridgehead atoms. The molecule has 0 saturated heterocycles. The van der Waals surface area contributed by atoms with Gasteiger partial charge in [0.25, 0.3) is 0 Å². The largest absolute Gasteiger partial charge is 0.463 e. The summed E-state index contributed by atoms with van der Waals surface area (Å²) in [4.78, 5) is 34.4. The summed E-state index contributed by atoms with van der Waals surface area (Å²) in [7, 11) is 0. The molecule has 0 heterocycles. The Morgan fingerprint density at radius 2 is 1.00 bits per heavy atom. The minimum absolute atomic E-state index is 0.230. The van der Waals surface area contributed by atoms with Crippen LogP contribution in [0.5, 0.6) is 0 Å². The summed E-state index contributed by atoms with van der Waals surface area (Å²) in [5, 5.41) is 0. The fraction of sp³-hybridized carbons (Fsp3) is 0.175. The van der Waals surface area contributed by atoms with Gasteiger partial charge in [0, 0.05) is 31.1 Å². The highest BCUT2D eigenvalue weighted by Gasteiger charge is 2.11. The van der Waals surface area contributed by atoms with E-state index >= 15 is 0 Å². The summed E-state index contributed by atoms with van der Waals surface area (Å²) < 4.78 is 15.5. The molecular weight excluding hydrogens is 576 g/mol. The summed E-state index contributed by atoms with van der Waals surface area (Å²) in [5.74, 6) is -1.32. The van der Waals surface area contributed by atoms with E-state index in [1.165, 1.54) is 11.6 Å². The molecule has 4 rings (SSSR count). The predicted octanol–water partition coefficient (Wildman–Crippen LogP) is 7.89. The van der Waals surface area contributed by atoms with Gasteiger partial charge in [-0.05, 0) is 69.0 Å². The van der Waals surface area contributed by atoms with Crippen LogP contribution in [-0.2, 0) is 47.9 Å². The van der Waals surface area contributed by atoms with Crippen molar-refractivity contribution in [1.29, 1.82) is 0 Å². The van der Waals surface area contributed by atoms with Gasteiger partial charge in [-0.2, -0.15) is 0 Å².